The molecule has 96 valence electrons. The number of hydrogen-bond acceptors (Lipinski definition) is 2. The van der Waals surface area contributed by atoms with Crippen molar-refractivity contribution in [3.05, 3.63) is 29.3 Å². The molecule has 0 bridgehead atoms. The molecule has 1 N–H and O–H groups in total. The third kappa shape index (κ3) is 6.54. The second-order valence-corrected chi connectivity index (χ2v) is 4.69. The van der Waals surface area contributed by atoms with Gasteiger partial charge in [-0.25, -0.2) is 0 Å². The Morgan fingerprint density at radius 2 is 1.94 bits per heavy atom. The monoisotopic (exact) mass is 255 g/mol. The number of ether oxygens (including phenoxy) is 1. The van der Waals surface area contributed by atoms with E-state index in [0.717, 1.165) is 30.3 Å². The van der Waals surface area contributed by atoms with Gasteiger partial charge in [0, 0.05) is 11.1 Å². The molecule has 2 nitrogen and oxygen atoms in total. The van der Waals surface area contributed by atoms with Crippen LogP contribution in [-0.4, -0.2) is 19.2 Å². The van der Waals surface area contributed by atoms with Crippen molar-refractivity contribution in [2.24, 2.45) is 0 Å². The standard InChI is InChI=1S/C14H22ClNO/c1-3-16-12(2)6-4-5-11-17-14-9-7-13(15)8-10-14/h7-10,12,16H,3-6,11H2,1-2H3. The molecule has 1 atom stereocenters. The average molecular weight is 256 g/mol. The van der Waals surface area contributed by atoms with E-state index in [1.165, 1.54) is 12.8 Å². The van der Waals surface area contributed by atoms with Crippen molar-refractivity contribution < 1.29 is 4.74 Å². The van der Waals surface area contributed by atoms with Crippen LogP contribution < -0.4 is 10.1 Å². The fraction of sp³-hybridized carbons (Fsp3) is 0.571. The Morgan fingerprint density at radius 3 is 2.59 bits per heavy atom. The summed E-state index contributed by atoms with van der Waals surface area (Å²) >= 11 is 5.80. The van der Waals surface area contributed by atoms with Gasteiger partial charge < -0.3 is 10.1 Å². The van der Waals surface area contributed by atoms with Gasteiger partial charge in [0.1, 0.15) is 5.75 Å². The van der Waals surface area contributed by atoms with E-state index >= 15 is 0 Å². The summed E-state index contributed by atoms with van der Waals surface area (Å²) in [4.78, 5) is 0. The second-order valence-electron chi connectivity index (χ2n) is 4.26. The quantitative estimate of drug-likeness (QED) is 0.712. The molecular weight excluding hydrogens is 234 g/mol. The van der Waals surface area contributed by atoms with Gasteiger partial charge in [0.2, 0.25) is 0 Å². The maximum Gasteiger partial charge on any atom is 0.119 e. The molecule has 0 aliphatic carbocycles. The first kappa shape index (κ1) is 14.3. The largest absolute Gasteiger partial charge is 0.494 e. The highest BCUT2D eigenvalue weighted by Gasteiger charge is 1.99. The molecule has 0 radical (unpaired) electrons. The molecule has 0 spiro atoms. The first-order chi connectivity index (χ1) is 8.22. The third-order valence-electron chi connectivity index (χ3n) is 2.67. The fourth-order valence-electron chi connectivity index (χ4n) is 1.72. The SMILES string of the molecule is CCNC(C)CCCCOc1ccc(Cl)cc1. The summed E-state index contributed by atoms with van der Waals surface area (Å²) in [7, 11) is 0. The van der Waals surface area contributed by atoms with Crippen molar-refractivity contribution in [1.29, 1.82) is 0 Å². The van der Waals surface area contributed by atoms with Crippen molar-refractivity contribution in [1.82, 2.24) is 5.32 Å². The van der Waals surface area contributed by atoms with Crippen molar-refractivity contribution >= 4 is 11.6 Å². The lowest BCUT2D eigenvalue weighted by molar-refractivity contribution is 0.302. The average Bonchev–Trinajstić information content (AvgIpc) is 2.31. The first-order valence-electron chi connectivity index (χ1n) is 6.34. The van der Waals surface area contributed by atoms with E-state index in [1.54, 1.807) is 0 Å². The normalized spacial score (nSPS) is 12.4. The molecular formula is C14H22ClNO. The van der Waals surface area contributed by atoms with E-state index in [1.807, 2.05) is 24.3 Å². The van der Waals surface area contributed by atoms with Crippen LogP contribution in [0.5, 0.6) is 5.75 Å². The van der Waals surface area contributed by atoms with Crippen LogP contribution >= 0.6 is 11.6 Å². The number of hydrogen-bond donors (Lipinski definition) is 1. The van der Waals surface area contributed by atoms with Gasteiger partial charge in [-0.2, -0.15) is 0 Å². The number of halogens is 1. The summed E-state index contributed by atoms with van der Waals surface area (Å²) in [6.45, 7) is 6.19. The predicted octanol–water partition coefficient (Wildman–Crippen LogP) is 3.89. The molecule has 1 unspecified atom stereocenters. The minimum atomic E-state index is 0.607. The minimum Gasteiger partial charge on any atom is -0.494 e. The third-order valence-corrected chi connectivity index (χ3v) is 2.92. The van der Waals surface area contributed by atoms with Crippen molar-refractivity contribution in [2.45, 2.75) is 39.2 Å². The molecule has 0 heterocycles. The van der Waals surface area contributed by atoms with Gasteiger partial charge in [0.15, 0.2) is 0 Å². The summed E-state index contributed by atoms with van der Waals surface area (Å²) in [5, 5.41) is 4.15. The van der Waals surface area contributed by atoms with Crippen LogP contribution in [-0.2, 0) is 0 Å². The Kier molecular flexibility index (Phi) is 7.06. The zero-order valence-corrected chi connectivity index (χ0v) is 11.5. The van der Waals surface area contributed by atoms with Crippen molar-refractivity contribution in [3.63, 3.8) is 0 Å². The molecule has 3 heteroatoms. The highest BCUT2D eigenvalue weighted by atomic mass is 35.5. The van der Waals surface area contributed by atoms with Crippen molar-refractivity contribution in [3.8, 4) is 5.75 Å². The lowest BCUT2D eigenvalue weighted by atomic mass is 10.1. The molecule has 1 aromatic carbocycles. The number of rotatable bonds is 8. The van der Waals surface area contributed by atoms with E-state index < -0.39 is 0 Å². The molecule has 0 fully saturated rings. The second kappa shape index (κ2) is 8.37. The maximum absolute atomic E-state index is 5.80. The molecule has 0 saturated carbocycles. The van der Waals surface area contributed by atoms with E-state index in [4.69, 9.17) is 16.3 Å². The number of unbranched alkanes of at least 4 members (excludes halogenated alkanes) is 1. The zero-order valence-electron chi connectivity index (χ0n) is 10.7. The van der Waals surface area contributed by atoms with Crippen LogP contribution in [0.1, 0.15) is 33.1 Å². The lowest BCUT2D eigenvalue weighted by Crippen LogP contribution is -2.25. The van der Waals surface area contributed by atoms with E-state index in [9.17, 15) is 0 Å². The van der Waals surface area contributed by atoms with Crippen LogP contribution in [0.15, 0.2) is 24.3 Å². The summed E-state index contributed by atoms with van der Waals surface area (Å²) in [6.07, 6.45) is 3.50. The fourth-order valence-corrected chi connectivity index (χ4v) is 1.85. The van der Waals surface area contributed by atoms with Gasteiger partial charge in [-0.05, 0) is 57.0 Å². The lowest BCUT2D eigenvalue weighted by Gasteiger charge is -2.12. The summed E-state index contributed by atoms with van der Waals surface area (Å²) in [5.74, 6) is 0.897. The van der Waals surface area contributed by atoms with E-state index in [2.05, 4.69) is 19.2 Å². The Labute approximate surface area is 109 Å². The Balaban J connectivity index is 2.06. The van der Waals surface area contributed by atoms with Gasteiger partial charge in [0.05, 0.1) is 6.61 Å². The summed E-state index contributed by atoms with van der Waals surface area (Å²) in [6, 6.07) is 8.12. The Bertz CT molecular complexity index is 300. The highest BCUT2D eigenvalue weighted by Crippen LogP contribution is 2.15. The van der Waals surface area contributed by atoms with Crippen molar-refractivity contribution in [2.75, 3.05) is 13.2 Å². The van der Waals surface area contributed by atoms with E-state index in [0.29, 0.717) is 6.04 Å². The zero-order chi connectivity index (χ0) is 12.5. The van der Waals surface area contributed by atoms with Gasteiger partial charge >= 0.3 is 0 Å². The number of benzene rings is 1. The van der Waals surface area contributed by atoms with Crippen LogP contribution in [0.3, 0.4) is 0 Å². The minimum absolute atomic E-state index is 0.607. The topological polar surface area (TPSA) is 21.3 Å². The molecule has 0 amide bonds. The van der Waals surface area contributed by atoms with Crippen LogP contribution in [0.25, 0.3) is 0 Å². The molecule has 17 heavy (non-hydrogen) atoms. The highest BCUT2D eigenvalue weighted by molar-refractivity contribution is 6.30. The molecule has 0 aromatic heterocycles. The van der Waals surface area contributed by atoms with Gasteiger partial charge in [-0.1, -0.05) is 18.5 Å². The van der Waals surface area contributed by atoms with Gasteiger partial charge in [0.25, 0.3) is 0 Å². The van der Waals surface area contributed by atoms with Crippen LogP contribution in [0, 0.1) is 0 Å². The Morgan fingerprint density at radius 1 is 1.24 bits per heavy atom. The Hall–Kier alpha value is -0.730. The van der Waals surface area contributed by atoms with Gasteiger partial charge in [-0.15, -0.1) is 0 Å². The first-order valence-corrected chi connectivity index (χ1v) is 6.72. The smallest absolute Gasteiger partial charge is 0.119 e. The molecule has 1 rings (SSSR count). The summed E-state index contributed by atoms with van der Waals surface area (Å²) < 4.78 is 5.62. The van der Waals surface area contributed by atoms with E-state index in [-0.39, 0.29) is 0 Å². The van der Waals surface area contributed by atoms with Gasteiger partial charge in [-0.3, -0.25) is 0 Å². The predicted molar refractivity (Wildman–Crippen MR) is 73.9 cm³/mol. The maximum atomic E-state index is 5.80. The molecule has 1 aromatic rings. The molecule has 0 saturated heterocycles. The molecule has 0 aliphatic rings. The molecule has 0 aliphatic heterocycles. The number of nitrogens with one attached hydrogen (secondary N) is 1. The summed E-state index contributed by atoms with van der Waals surface area (Å²) in [5.41, 5.74) is 0. The van der Waals surface area contributed by atoms with Crippen LogP contribution in [0.4, 0.5) is 0 Å². The van der Waals surface area contributed by atoms with Crippen LogP contribution in [0.2, 0.25) is 5.02 Å².